The lowest BCUT2D eigenvalue weighted by Gasteiger charge is -2.31. The lowest BCUT2D eigenvalue weighted by molar-refractivity contribution is -0.143. The van der Waals surface area contributed by atoms with Crippen LogP contribution in [-0.2, 0) is 89.9 Å². The van der Waals surface area contributed by atoms with Gasteiger partial charge in [-0.05, 0) is 103 Å². The van der Waals surface area contributed by atoms with Crippen LogP contribution in [0.5, 0.6) is 5.75 Å². The number of fused-ring (bicyclic) bond motifs is 5. The van der Waals surface area contributed by atoms with E-state index in [1.807, 2.05) is 24.3 Å². The van der Waals surface area contributed by atoms with Gasteiger partial charge in [-0.25, -0.2) is 9.37 Å². The molecular formula is C68H80FN15O13S2. The molecule has 0 radical (unpaired) electrons. The summed E-state index contributed by atoms with van der Waals surface area (Å²) in [6, 6.07) is 12.7. The molecule has 9 rings (SSSR count). The number of para-hydroxylation sites is 1. The largest absolute Gasteiger partial charge is 0.508 e. The summed E-state index contributed by atoms with van der Waals surface area (Å²) in [7, 11) is 0. The highest BCUT2D eigenvalue weighted by Crippen LogP contribution is 2.26. The molecule has 7 aromatic rings. The molecule has 99 heavy (non-hydrogen) atoms. The maximum absolute atomic E-state index is 15.0. The number of hydrogen-bond donors (Lipinski definition) is 15. The average Bonchev–Trinajstić information content (AvgIpc) is 1.69. The first-order chi connectivity index (χ1) is 47.7. The van der Waals surface area contributed by atoms with Crippen molar-refractivity contribution in [3.63, 3.8) is 0 Å². The lowest BCUT2D eigenvalue weighted by atomic mass is 10.0. The van der Waals surface area contributed by atoms with Crippen LogP contribution in [0.25, 0.3) is 21.8 Å². The number of primary amides is 1. The van der Waals surface area contributed by atoms with Gasteiger partial charge in [-0.3, -0.25) is 52.7 Å². The number of carboxylic acid groups (broad SMARTS) is 1. The van der Waals surface area contributed by atoms with Crippen molar-refractivity contribution in [1.29, 1.82) is 0 Å². The molecule has 0 aliphatic carbocycles. The number of aliphatic carboxylic acids is 1. The zero-order valence-electron chi connectivity index (χ0n) is 53.9. The molecule has 3 aromatic heterocycles. The maximum Gasteiger partial charge on any atom is 0.305 e. The van der Waals surface area contributed by atoms with Crippen LogP contribution in [0.15, 0.2) is 116 Å². The Labute approximate surface area is 576 Å². The fourth-order valence-electron chi connectivity index (χ4n) is 11.8. The fraction of sp³-hybridized carbons (Fsp3) is 0.382. The molecule has 0 unspecified atom stereocenters. The first-order valence-corrected chi connectivity index (χ1v) is 34.7. The Morgan fingerprint density at radius 3 is 1.95 bits per heavy atom. The smallest absolute Gasteiger partial charge is 0.305 e. The standard InChI is InChI=1S/C68H80FN15O13S2/c69-43-15-18-49-47(27-43)42(31-74-49)26-51-63(92)79-52(25-41-30-73-48-10-2-1-9-46(41)48)64(93)81-54(29-60(88)89)66(95)80-53(28-44-32-72-37-76-44)65(94)82-55(24-38-13-16-45(85)17-14-38)68(97)84-21-6-12-57(84)67(96)83-56(61(71)90)36-99-35-40-8-5-7-39(23-40)34-98-22-19-58(86)77-50(11-3-4-20-70)62(91)75-33-59(87)78-51/h1-2,5,7-10,13-18,23,27,30-32,37,50-57,73-74,85H,3-4,6,11-12,19-22,24-26,28-29,33-36,70H2,(H2,71,90)(H,72,76)(H,75,91)(H,77,86)(H,78,87)(H,79,92)(H,80,95)(H,81,93)(H,82,94)(H,83,96)(H,88,89)/t50-,51-,52+,53-,54-,55-,56-,57-/m0/s1. The van der Waals surface area contributed by atoms with Gasteiger partial charge in [0.05, 0.1) is 19.3 Å². The van der Waals surface area contributed by atoms with Gasteiger partial charge in [-0.1, -0.05) is 54.6 Å². The van der Waals surface area contributed by atoms with Crippen molar-refractivity contribution in [2.24, 2.45) is 11.5 Å². The van der Waals surface area contributed by atoms with Gasteiger partial charge in [0, 0.05) is 108 Å². The number of nitrogens with one attached hydrogen (secondary N) is 11. The normalized spacial score (nSPS) is 22.2. The molecule has 2 bridgehead atoms. The molecule has 28 nitrogen and oxygen atoms in total. The quantitative estimate of drug-likeness (QED) is 0.0649. The second-order valence-electron chi connectivity index (χ2n) is 24.3. The SMILES string of the molecule is NCCCC[C@@H]1NC(=O)CCSCc2cccc(c2)CSC[C@@H](C(N)=O)NC(=O)[C@@H]2CCCN2C(=O)[C@H](Cc2ccc(O)cc2)NC(=O)[C@H](Cc2cnc[nH]2)NC(=O)[C@H](CC(=O)O)NC(=O)[C@@H](Cc2c[nH]c3ccccc23)NC(=O)[C@H](Cc2c[nH]c3ccc(F)cc23)NC(=O)CNC1=O. The topological polar surface area (TPSA) is 440 Å². The summed E-state index contributed by atoms with van der Waals surface area (Å²) in [5.41, 5.74) is 16.2. The number of phenolic OH excluding ortho intramolecular Hbond substituents is 1. The number of H-pyrrole nitrogens is 3. The fourth-order valence-corrected chi connectivity index (χ4v) is 13.7. The van der Waals surface area contributed by atoms with E-state index in [2.05, 4.69) is 62.5 Å². The van der Waals surface area contributed by atoms with Crippen LogP contribution in [0.3, 0.4) is 0 Å². The van der Waals surface area contributed by atoms with Gasteiger partial charge in [0.25, 0.3) is 0 Å². The predicted octanol–water partition coefficient (Wildman–Crippen LogP) is 1.65. The third-order valence-electron chi connectivity index (χ3n) is 17.0. The highest BCUT2D eigenvalue weighted by Gasteiger charge is 2.41. The number of carbonyl (C=O) groups is 11. The number of halogens is 1. The molecule has 1 saturated heterocycles. The van der Waals surface area contributed by atoms with E-state index in [0.717, 1.165) is 11.1 Å². The third-order valence-corrected chi connectivity index (χ3v) is 19.1. The number of aromatic hydroxyl groups is 1. The number of phenols is 1. The number of carboxylic acids is 1. The molecule has 8 atom stereocenters. The van der Waals surface area contributed by atoms with E-state index in [0.29, 0.717) is 81.6 Å². The highest BCUT2D eigenvalue weighted by atomic mass is 32.2. The van der Waals surface area contributed by atoms with Gasteiger partial charge in [0.2, 0.25) is 59.1 Å². The Kier molecular flexibility index (Phi) is 26.0. The van der Waals surface area contributed by atoms with Crippen LogP contribution in [0.4, 0.5) is 4.39 Å². The van der Waals surface area contributed by atoms with Gasteiger partial charge in [0.15, 0.2) is 0 Å². The summed E-state index contributed by atoms with van der Waals surface area (Å²) in [5, 5.41) is 42.7. The van der Waals surface area contributed by atoms with Crippen molar-refractivity contribution >= 4 is 110 Å². The van der Waals surface area contributed by atoms with E-state index in [-0.39, 0.29) is 68.7 Å². The number of amides is 10. The number of imidazole rings is 1. The number of unbranched alkanes of at least 4 members (excludes halogenated alkanes) is 1. The van der Waals surface area contributed by atoms with Gasteiger partial charge >= 0.3 is 5.97 Å². The molecule has 524 valence electrons. The summed E-state index contributed by atoms with van der Waals surface area (Å²) in [6.07, 6.45) is 5.17. The minimum Gasteiger partial charge on any atom is -0.508 e. The number of hydrogen-bond acceptors (Lipinski definition) is 16. The molecule has 1 fully saturated rings. The molecule has 4 aromatic carbocycles. The van der Waals surface area contributed by atoms with Crippen LogP contribution in [0.1, 0.15) is 78.5 Å². The molecule has 2 aliphatic rings. The maximum atomic E-state index is 15.0. The highest BCUT2D eigenvalue weighted by molar-refractivity contribution is 7.98. The summed E-state index contributed by atoms with van der Waals surface area (Å²) in [4.78, 5) is 171. The Morgan fingerprint density at radius 1 is 0.626 bits per heavy atom. The van der Waals surface area contributed by atoms with E-state index >= 15 is 14.4 Å². The molecular weight excluding hydrogens is 1320 g/mol. The van der Waals surface area contributed by atoms with Gasteiger partial charge in [-0.15, -0.1) is 0 Å². The van der Waals surface area contributed by atoms with Crippen LogP contribution < -0.4 is 54.0 Å². The molecule has 10 amide bonds. The molecule has 2 aliphatic heterocycles. The van der Waals surface area contributed by atoms with Crippen molar-refractivity contribution in [2.75, 3.05) is 31.1 Å². The summed E-state index contributed by atoms with van der Waals surface area (Å²) in [6.45, 7) is -0.341. The first-order valence-electron chi connectivity index (χ1n) is 32.4. The monoisotopic (exact) mass is 1400 g/mol. The molecule has 0 saturated carbocycles. The summed E-state index contributed by atoms with van der Waals surface area (Å²) in [5.74, 6) is -9.44. The van der Waals surface area contributed by atoms with Crippen LogP contribution in [0, 0.1) is 5.82 Å². The zero-order chi connectivity index (χ0) is 70.5. The van der Waals surface area contributed by atoms with E-state index in [4.69, 9.17) is 11.5 Å². The van der Waals surface area contributed by atoms with E-state index in [9.17, 15) is 53.0 Å². The second-order valence-corrected chi connectivity index (χ2v) is 26.4. The number of rotatable bonds is 15. The number of aromatic amines is 3. The van der Waals surface area contributed by atoms with Crippen LogP contribution >= 0.6 is 23.5 Å². The van der Waals surface area contributed by atoms with E-state index < -0.39 is 132 Å². The molecule has 17 N–H and O–H groups in total. The van der Waals surface area contributed by atoms with Crippen molar-refractivity contribution in [2.45, 2.75) is 130 Å². The van der Waals surface area contributed by atoms with Gasteiger partial charge < -0.3 is 84.1 Å². The molecule has 31 heteroatoms. The Balaban J connectivity index is 1.04. The Hall–Kier alpha value is -10.3. The minimum atomic E-state index is -1.98. The number of benzene rings is 4. The number of carbonyl (C=O) groups excluding carboxylic acids is 10. The summed E-state index contributed by atoms with van der Waals surface area (Å²) >= 11 is 2.81. The van der Waals surface area contributed by atoms with Gasteiger partial charge in [0.1, 0.15) is 59.9 Å². The van der Waals surface area contributed by atoms with Crippen LogP contribution in [0.2, 0.25) is 0 Å². The number of aromatic nitrogens is 4. The zero-order valence-corrected chi connectivity index (χ0v) is 55.6. The van der Waals surface area contributed by atoms with E-state index in [1.54, 1.807) is 30.5 Å². The van der Waals surface area contributed by atoms with Crippen molar-refractivity contribution < 1.29 is 67.3 Å². The number of nitrogens with zero attached hydrogens (tertiary/aromatic N) is 2. The third kappa shape index (κ3) is 20.9. The molecule has 0 spiro atoms. The lowest BCUT2D eigenvalue weighted by Crippen LogP contribution is -2.61. The predicted molar refractivity (Wildman–Crippen MR) is 367 cm³/mol. The van der Waals surface area contributed by atoms with Gasteiger partial charge in [-0.2, -0.15) is 23.5 Å². The average molecular weight is 1400 g/mol. The van der Waals surface area contributed by atoms with Crippen molar-refractivity contribution in [1.82, 2.24) is 67.4 Å². The second kappa shape index (κ2) is 35.3. The first kappa shape index (κ1) is 73.0. The van der Waals surface area contributed by atoms with E-state index in [1.165, 1.54) is 89.6 Å². The number of nitrogens with two attached hydrogens (primary N) is 2. The minimum absolute atomic E-state index is 0.0275. The summed E-state index contributed by atoms with van der Waals surface area (Å²) < 4.78 is 14.9. The van der Waals surface area contributed by atoms with Crippen LogP contribution in [-0.4, -0.2) is 180 Å². The van der Waals surface area contributed by atoms with Crippen molar-refractivity contribution in [3.05, 3.63) is 155 Å². The Morgan fingerprint density at radius 2 is 1.26 bits per heavy atom. The van der Waals surface area contributed by atoms with Crippen molar-refractivity contribution in [3.8, 4) is 5.75 Å². The number of thioether (sulfide) groups is 2. The Bertz CT molecular complexity index is 4040. The molecule has 5 heterocycles.